The van der Waals surface area contributed by atoms with Crippen LogP contribution in [0.15, 0.2) is 58.2 Å². The third-order valence-electron chi connectivity index (χ3n) is 5.84. The molecule has 2 aromatic rings. The molecule has 2 unspecified atom stereocenters. The van der Waals surface area contributed by atoms with Crippen molar-refractivity contribution in [2.75, 3.05) is 22.9 Å². The van der Waals surface area contributed by atoms with Crippen molar-refractivity contribution in [1.82, 2.24) is 4.90 Å². The van der Waals surface area contributed by atoms with Crippen LogP contribution in [0.5, 0.6) is 0 Å². The lowest BCUT2D eigenvalue weighted by molar-refractivity contribution is 0.331. The average molecular weight is 459 g/mol. The van der Waals surface area contributed by atoms with Crippen LogP contribution in [0.4, 0.5) is 15.8 Å². The number of hydrogen-bond donors (Lipinski definition) is 2. The fourth-order valence-corrected chi connectivity index (χ4v) is 5.49. The summed E-state index contributed by atoms with van der Waals surface area (Å²) in [7, 11) is 0. The lowest BCUT2D eigenvalue weighted by Gasteiger charge is -2.31. The van der Waals surface area contributed by atoms with Crippen molar-refractivity contribution >= 4 is 41.1 Å². The Kier molecular flexibility index (Phi) is 5.66. The zero-order valence-electron chi connectivity index (χ0n) is 16.9. The highest BCUT2D eigenvalue weighted by Crippen LogP contribution is 2.43. The van der Waals surface area contributed by atoms with Crippen LogP contribution in [0.2, 0.25) is 5.02 Å². The van der Waals surface area contributed by atoms with Crippen molar-refractivity contribution < 1.29 is 4.39 Å². The van der Waals surface area contributed by atoms with Crippen LogP contribution in [0.3, 0.4) is 0 Å². The smallest absolute Gasteiger partial charge is 0.150 e. The van der Waals surface area contributed by atoms with Gasteiger partial charge in [0.15, 0.2) is 0 Å². The number of anilines is 2. The van der Waals surface area contributed by atoms with Crippen molar-refractivity contribution in [1.29, 1.82) is 0 Å². The van der Waals surface area contributed by atoms with Gasteiger partial charge in [-0.3, -0.25) is 9.80 Å². The second-order valence-electron chi connectivity index (χ2n) is 7.91. The van der Waals surface area contributed by atoms with Gasteiger partial charge in [0.1, 0.15) is 23.3 Å². The first-order chi connectivity index (χ1) is 15.0. The van der Waals surface area contributed by atoms with Gasteiger partial charge in [-0.05, 0) is 61.8 Å². The van der Waals surface area contributed by atoms with Gasteiger partial charge in [-0.15, -0.1) is 0 Å². The maximum Gasteiger partial charge on any atom is 0.150 e. The molecule has 0 saturated carbocycles. The minimum Gasteiger partial charge on any atom is -0.312 e. The van der Waals surface area contributed by atoms with Crippen molar-refractivity contribution in [3.63, 3.8) is 0 Å². The Labute approximate surface area is 190 Å². The normalized spacial score (nSPS) is 23.7. The summed E-state index contributed by atoms with van der Waals surface area (Å²) in [4.78, 5) is 11.8. The van der Waals surface area contributed by atoms with Crippen LogP contribution in [0.25, 0.3) is 0 Å². The molecule has 1 saturated heterocycles. The Morgan fingerprint density at radius 2 is 1.77 bits per heavy atom. The van der Waals surface area contributed by atoms with Gasteiger partial charge in [-0.25, -0.2) is 9.38 Å². The lowest BCUT2D eigenvalue weighted by atomic mass is 10.2. The molecule has 0 bridgehead atoms. The predicted octanol–water partition coefficient (Wildman–Crippen LogP) is 3.87. The van der Waals surface area contributed by atoms with Crippen LogP contribution in [0, 0.1) is 5.82 Å². The summed E-state index contributed by atoms with van der Waals surface area (Å²) in [6, 6.07) is 13.0. The number of rotatable bonds is 4. The maximum atomic E-state index is 13.6. The van der Waals surface area contributed by atoms with Gasteiger partial charge in [0.25, 0.3) is 0 Å². The van der Waals surface area contributed by atoms with Crippen LogP contribution < -0.4 is 21.3 Å². The largest absolute Gasteiger partial charge is 0.312 e. The molecule has 0 aliphatic carbocycles. The molecule has 4 N–H and O–H groups in total. The third-order valence-corrected chi connectivity index (χ3v) is 7.26. The molecule has 31 heavy (non-hydrogen) atoms. The molecular formula is C22H24ClFN6S. The Bertz CT molecular complexity index is 1040. The van der Waals surface area contributed by atoms with E-state index in [1.807, 2.05) is 4.90 Å². The number of nitrogens with two attached hydrogens (primary N) is 2. The van der Waals surface area contributed by atoms with Crippen molar-refractivity contribution in [3.05, 3.63) is 69.6 Å². The number of halogens is 2. The quantitative estimate of drug-likeness (QED) is 0.724. The van der Waals surface area contributed by atoms with E-state index in [9.17, 15) is 4.39 Å². The molecule has 3 aliphatic rings. The van der Waals surface area contributed by atoms with Crippen molar-refractivity contribution in [2.45, 2.75) is 31.0 Å². The number of benzene rings is 2. The minimum absolute atomic E-state index is 0.0456. The van der Waals surface area contributed by atoms with E-state index < -0.39 is 12.0 Å². The monoisotopic (exact) mass is 458 g/mol. The number of likely N-dealkylation sites (tertiary alicyclic amines) is 1. The highest BCUT2D eigenvalue weighted by molar-refractivity contribution is 8.04. The van der Waals surface area contributed by atoms with Gasteiger partial charge in [-0.1, -0.05) is 35.5 Å². The van der Waals surface area contributed by atoms with E-state index in [0.717, 1.165) is 23.0 Å². The van der Waals surface area contributed by atoms with Crippen LogP contribution >= 0.6 is 23.4 Å². The topological polar surface area (TPSA) is 74.1 Å². The van der Waals surface area contributed by atoms with Crippen LogP contribution in [0.1, 0.15) is 18.4 Å². The molecule has 0 amide bonds. The van der Waals surface area contributed by atoms with Gasteiger partial charge in [0.2, 0.25) is 0 Å². The number of nitrogens with zero attached hydrogens (tertiary/aromatic N) is 4. The molecule has 5 rings (SSSR count). The Balaban J connectivity index is 1.37. The molecule has 3 heterocycles. The van der Waals surface area contributed by atoms with Crippen molar-refractivity contribution in [2.24, 2.45) is 16.5 Å². The zero-order valence-corrected chi connectivity index (χ0v) is 18.5. The summed E-state index contributed by atoms with van der Waals surface area (Å²) in [6.45, 7) is 3.33. The minimum atomic E-state index is -0.482. The standard InChI is InChI=1S/C22H24ClFN6S/c23-17-11-16(7-8-18(17)24)29-13-27-21-19(20(29)25)31-22(26)30(21)15-5-3-14(4-6-15)12-28-9-1-2-10-28/h3-8,11,13,20,22H,1-2,9-10,12,25-26H2. The third kappa shape index (κ3) is 3.94. The summed E-state index contributed by atoms with van der Waals surface area (Å²) in [6.07, 6.45) is 3.74. The van der Waals surface area contributed by atoms with Gasteiger partial charge >= 0.3 is 0 Å². The van der Waals surface area contributed by atoms with Crippen molar-refractivity contribution in [3.8, 4) is 0 Å². The summed E-state index contributed by atoms with van der Waals surface area (Å²) in [5, 5.41) is 0.0456. The molecule has 1 fully saturated rings. The zero-order chi connectivity index (χ0) is 21.5. The van der Waals surface area contributed by atoms with E-state index in [1.165, 1.54) is 49.3 Å². The lowest BCUT2D eigenvalue weighted by Crippen LogP contribution is -2.44. The summed E-state index contributed by atoms with van der Waals surface area (Å²) in [5.74, 6) is 0.284. The second kappa shape index (κ2) is 8.44. The summed E-state index contributed by atoms with van der Waals surface area (Å²) in [5.41, 5.74) is 15.6. The van der Waals surface area contributed by atoms with E-state index in [4.69, 9.17) is 23.1 Å². The second-order valence-corrected chi connectivity index (χ2v) is 9.48. The highest BCUT2D eigenvalue weighted by atomic mass is 35.5. The number of aliphatic imine (C=N–C) groups is 1. The first-order valence-electron chi connectivity index (χ1n) is 10.3. The van der Waals surface area contributed by atoms with E-state index in [1.54, 1.807) is 23.4 Å². The SMILES string of the molecule is NC1C2=C(N=CN1c1ccc(F)c(Cl)c1)N(c1ccc(CN3CCCC3)cc1)C(N)S2. The van der Waals surface area contributed by atoms with Crippen LogP contribution in [-0.4, -0.2) is 36.0 Å². The molecular weight excluding hydrogens is 435 g/mol. The maximum absolute atomic E-state index is 13.6. The van der Waals surface area contributed by atoms with Gasteiger partial charge in [0, 0.05) is 17.9 Å². The van der Waals surface area contributed by atoms with Gasteiger partial charge < -0.3 is 16.4 Å². The van der Waals surface area contributed by atoms with E-state index in [2.05, 4.69) is 34.2 Å². The molecule has 0 aromatic heterocycles. The molecule has 2 aromatic carbocycles. The Morgan fingerprint density at radius 1 is 1.06 bits per heavy atom. The average Bonchev–Trinajstić information content (AvgIpc) is 3.39. The molecule has 3 aliphatic heterocycles. The molecule has 0 spiro atoms. The Morgan fingerprint density at radius 3 is 2.48 bits per heavy atom. The molecule has 6 nitrogen and oxygen atoms in total. The van der Waals surface area contributed by atoms with Crippen LogP contribution in [-0.2, 0) is 6.54 Å². The highest BCUT2D eigenvalue weighted by Gasteiger charge is 2.38. The fourth-order valence-electron chi connectivity index (χ4n) is 4.22. The van der Waals surface area contributed by atoms with E-state index >= 15 is 0 Å². The number of thioether (sulfide) groups is 1. The summed E-state index contributed by atoms with van der Waals surface area (Å²) >= 11 is 7.43. The summed E-state index contributed by atoms with van der Waals surface area (Å²) < 4.78 is 13.6. The predicted molar refractivity (Wildman–Crippen MR) is 126 cm³/mol. The molecule has 2 atom stereocenters. The van der Waals surface area contributed by atoms with Gasteiger partial charge in [-0.2, -0.15) is 0 Å². The Hall–Kier alpha value is -2.10. The van der Waals surface area contributed by atoms with Gasteiger partial charge in [0.05, 0.1) is 16.3 Å². The number of hydrogen-bond acceptors (Lipinski definition) is 7. The molecule has 162 valence electrons. The first-order valence-corrected chi connectivity index (χ1v) is 11.6. The molecule has 9 heteroatoms. The van der Waals surface area contributed by atoms with E-state index in [-0.39, 0.29) is 10.5 Å². The first kappa shape index (κ1) is 20.8. The fraction of sp³-hybridized carbons (Fsp3) is 0.318. The molecule has 0 radical (unpaired) electrons. The van der Waals surface area contributed by atoms with E-state index in [0.29, 0.717) is 5.69 Å².